The average Bonchev–Trinajstić information content (AvgIpc) is 2.08. The first-order valence-electron chi connectivity index (χ1n) is 4.24. The number of para-hydroxylation sites is 1. The number of hydrogen-bond donors (Lipinski definition) is 3. The van der Waals surface area contributed by atoms with Crippen LogP contribution in [0.2, 0.25) is 0 Å². The minimum atomic E-state index is -0.826. The van der Waals surface area contributed by atoms with Crippen molar-refractivity contribution in [3.05, 3.63) is 29.8 Å². The van der Waals surface area contributed by atoms with E-state index in [1.165, 1.54) is 6.92 Å². The van der Waals surface area contributed by atoms with E-state index in [-0.39, 0.29) is 12.2 Å². The van der Waals surface area contributed by atoms with E-state index in [0.29, 0.717) is 5.56 Å². The lowest BCUT2D eigenvalue weighted by molar-refractivity contribution is 0.0316. The molecule has 0 spiro atoms. The van der Waals surface area contributed by atoms with E-state index in [2.05, 4.69) is 0 Å². The number of aliphatic hydroxyl groups is 2. The molecule has 72 valence electrons. The zero-order valence-corrected chi connectivity index (χ0v) is 7.51. The van der Waals surface area contributed by atoms with Crippen LogP contribution in [0.1, 0.15) is 12.5 Å². The molecule has 3 heteroatoms. The van der Waals surface area contributed by atoms with Crippen LogP contribution in [-0.4, -0.2) is 27.5 Å². The third kappa shape index (κ3) is 2.72. The number of benzene rings is 1. The van der Waals surface area contributed by atoms with Crippen molar-refractivity contribution in [3.8, 4) is 5.75 Å². The predicted molar refractivity (Wildman–Crippen MR) is 49.5 cm³/mol. The topological polar surface area (TPSA) is 60.7 Å². The Morgan fingerprint density at radius 3 is 2.38 bits per heavy atom. The summed E-state index contributed by atoms with van der Waals surface area (Å²) in [7, 11) is 0. The van der Waals surface area contributed by atoms with Crippen LogP contribution in [0.15, 0.2) is 24.3 Å². The normalized spacial score (nSPS) is 15.3. The number of phenolic OH excluding ortho intramolecular Hbond substituents is 1. The van der Waals surface area contributed by atoms with Crippen LogP contribution in [0.5, 0.6) is 5.75 Å². The van der Waals surface area contributed by atoms with Gasteiger partial charge in [-0.3, -0.25) is 0 Å². The Bertz CT molecular complexity index is 271. The molecule has 1 aromatic carbocycles. The number of rotatable bonds is 3. The van der Waals surface area contributed by atoms with Crippen LogP contribution in [0, 0.1) is 0 Å². The molecule has 13 heavy (non-hydrogen) atoms. The summed E-state index contributed by atoms with van der Waals surface area (Å²) in [5.74, 6) is 0.155. The standard InChI is InChI=1S/C10H14O3/c1-7(11)10(13)6-8-4-2-3-5-9(8)12/h2-5,7,10-13H,6H2,1H3. The molecule has 0 aromatic heterocycles. The van der Waals surface area contributed by atoms with Crippen molar-refractivity contribution in [2.75, 3.05) is 0 Å². The molecule has 0 fully saturated rings. The van der Waals surface area contributed by atoms with Crippen LogP contribution in [0.3, 0.4) is 0 Å². The molecule has 1 aromatic rings. The summed E-state index contributed by atoms with van der Waals surface area (Å²) in [4.78, 5) is 0. The van der Waals surface area contributed by atoms with Crippen molar-refractivity contribution in [1.29, 1.82) is 0 Å². The van der Waals surface area contributed by atoms with E-state index in [9.17, 15) is 10.2 Å². The van der Waals surface area contributed by atoms with Gasteiger partial charge in [-0.1, -0.05) is 18.2 Å². The molecule has 0 bridgehead atoms. The van der Waals surface area contributed by atoms with Gasteiger partial charge < -0.3 is 15.3 Å². The van der Waals surface area contributed by atoms with Gasteiger partial charge in [0.15, 0.2) is 0 Å². The Kier molecular flexibility index (Phi) is 3.28. The zero-order chi connectivity index (χ0) is 9.84. The Balaban J connectivity index is 2.69. The first-order chi connectivity index (χ1) is 6.11. The second kappa shape index (κ2) is 4.25. The second-order valence-corrected chi connectivity index (χ2v) is 3.14. The van der Waals surface area contributed by atoms with Crippen molar-refractivity contribution < 1.29 is 15.3 Å². The summed E-state index contributed by atoms with van der Waals surface area (Å²) < 4.78 is 0. The lowest BCUT2D eigenvalue weighted by Crippen LogP contribution is -2.24. The highest BCUT2D eigenvalue weighted by atomic mass is 16.3. The van der Waals surface area contributed by atoms with Crippen LogP contribution in [-0.2, 0) is 6.42 Å². The van der Waals surface area contributed by atoms with E-state index in [1.54, 1.807) is 24.3 Å². The molecule has 0 radical (unpaired) electrons. The maximum atomic E-state index is 9.35. The fourth-order valence-corrected chi connectivity index (χ4v) is 1.08. The van der Waals surface area contributed by atoms with E-state index in [4.69, 9.17) is 5.11 Å². The maximum absolute atomic E-state index is 9.35. The predicted octanol–water partition coefficient (Wildman–Crippen LogP) is 0.676. The minimum absolute atomic E-state index is 0.155. The van der Waals surface area contributed by atoms with Crippen molar-refractivity contribution in [3.63, 3.8) is 0 Å². The molecule has 0 amide bonds. The summed E-state index contributed by atoms with van der Waals surface area (Å²) in [6, 6.07) is 6.78. The van der Waals surface area contributed by atoms with E-state index >= 15 is 0 Å². The van der Waals surface area contributed by atoms with Gasteiger partial charge >= 0.3 is 0 Å². The molecule has 0 saturated carbocycles. The van der Waals surface area contributed by atoms with Crippen molar-refractivity contribution in [2.24, 2.45) is 0 Å². The van der Waals surface area contributed by atoms with E-state index in [1.807, 2.05) is 0 Å². The number of aliphatic hydroxyl groups excluding tert-OH is 2. The summed E-state index contributed by atoms with van der Waals surface area (Å²) in [6.45, 7) is 1.52. The fourth-order valence-electron chi connectivity index (χ4n) is 1.08. The van der Waals surface area contributed by atoms with Crippen LogP contribution in [0.4, 0.5) is 0 Å². The molecule has 2 unspecified atom stereocenters. The van der Waals surface area contributed by atoms with Crippen LogP contribution >= 0.6 is 0 Å². The van der Waals surface area contributed by atoms with Crippen LogP contribution in [0.25, 0.3) is 0 Å². The molecule has 0 aliphatic carbocycles. The number of phenols is 1. The lowest BCUT2D eigenvalue weighted by Gasteiger charge is -2.13. The molecule has 0 aliphatic heterocycles. The molecule has 2 atom stereocenters. The Hall–Kier alpha value is -1.06. The van der Waals surface area contributed by atoms with Gasteiger partial charge in [0.05, 0.1) is 12.2 Å². The summed E-state index contributed by atoms with van der Waals surface area (Å²) in [5.41, 5.74) is 0.649. The van der Waals surface area contributed by atoms with E-state index < -0.39 is 12.2 Å². The third-order valence-corrected chi connectivity index (χ3v) is 1.98. The fraction of sp³-hybridized carbons (Fsp3) is 0.400. The van der Waals surface area contributed by atoms with Gasteiger partial charge in [-0.15, -0.1) is 0 Å². The first kappa shape index (κ1) is 10.0. The van der Waals surface area contributed by atoms with Gasteiger partial charge in [-0.05, 0) is 18.6 Å². The van der Waals surface area contributed by atoms with Crippen molar-refractivity contribution in [2.45, 2.75) is 25.6 Å². The summed E-state index contributed by atoms with van der Waals surface area (Å²) in [6.07, 6.45) is -1.34. The van der Waals surface area contributed by atoms with Gasteiger partial charge in [0.1, 0.15) is 5.75 Å². The molecular formula is C10H14O3. The van der Waals surface area contributed by atoms with Gasteiger partial charge in [-0.25, -0.2) is 0 Å². The maximum Gasteiger partial charge on any atom is 0.118 e. The largest absolute Gasteiger partial charge is 0.508 e. The molecule has 0 saturated heterocycles. The Labute approximate surface area is 77.3 Å². The zero-order valence-electron chi connectivity index (χ0n) is 7.51. The monoisotopic (exact) mass is 182 g/mol. The molecule has 3 nitrogen and oxygen atoms in total. The Morgan fingerprint density at radius 2 is 1.85 bits per heavy atom. The van der Waals surface area contributed by atoms with Gasteiger partial charge in [0.2, 0.25) is 0 Å². The number of hydrogen-bond acceptors (Lipinski definition) is 3. The second-order valence-electron chi connectivity index (χ2n) is 3.14. The molecule has 1 rings (SSSR count). The highest BCUT2D eigenvalue weighted by Crippen LogP contribution is 2.17. The quantitative estimate of drug-likeness (QED) is 0.644. The summed E-state index contributed by atoms with van der Waals surface area (Å²) >= 11 is 0. The van der Waals surface area contributed by atoms with Crippen molar-refractivity contribution in [1.82, 2.24) is 0 Å². The summed E-state index contributed by atoms with van der Waals surface area (Å²) in [5, 5.41) is 27.7. The molecular weight excluding hydrogens is 168 g/mol. The average molecular weight is 182 g/mol. The van der Waals surface area contributed by atoms with Gasteiger partial charge in [-0.2, -0.15) is 0 Å². The third-order valence-electron chi connectivity index (χ3n) is 1.98. The van der Waals surface area contributed by atoms with Crippen LogP contribution < -0.4 is 0 Å². The highest BCUT2D eigenvalue weighted by Gasteiger charge is 2.13. The van der Waals surface area contributed by atoms with Gasteiger partial charge in [0, 0.05) is 6.42 Å². The first-order valence-corrected chi connectivity index (χ1v) is 4.24. The lowest BCUT2D eigenvalue weighted by atomic mass is 10.0. The van der Waals surface area contributed by atoms with Crippen molar-refractivity contribution >= 4 is 0 Å². The molecule has 0 heterocycles. The minimum Gasteiger partial charge on any atom is -0.508 e. The molecule has 0 aliphatic rings. The smallest absolute Gasteiger partial charge is 0.118 e. The highest BCUT2D eigenvalue weighted by molar-refractivity contribution is 5.32. The number of aromatic hydroxyl groups is 1. The van der Waals surface area contributed by atoms with E-state index in [0.717, 1.165) is 0 Å². The molecule has 3 N–H and O–H groups in total. The SMILES string of the molecule is CC(O)C(O)Cc1ccccc1O. The van der Waals surface area contributed by atoms with Gasteiger partial charge in [0.25, 0.3) is 0 Å². The Morgan fingerprint density at radius 1 is 1.23 bits per heavy atom.